The molecule has 0 heterocycles. The minimum atomic E-state index is 0.738. The topological polar surface area (TPSA) is 21.3 Å². The van der Waals surface area contributed by atoms with Crippen LogP contribution in [0.4, 0.5) is 0 Å². The molecule has 1 aromatic carbocycles. The van der Waals surface area contributed by atoms with Gasteiger partial charge in [0.15, 0.2) is 0 Å². The largest absolute Gasteiger partial charge is 0.492 e. The fraction of sp³-hybridized carbons (Fsp3) is 0.625. The van der Waals surface area contributed by atoms with Crippen molar-refractivity contribution in [3.05, 3.63) is 28.2 Å². The van der Waals surface area contributed by atoms with Crippen LogP contribution in [-0.4, -0.2) is 19.7 Å². The average Bonchev–Trinajstić information content (AvgIpc) is 2.34. The number of aryl methyl sites for hydroxylation is 1. The van der Waals surface area contributed by atoms with Gasteiger partial charge in [0.1, 0.15) is 5.75 Å². The number of rotatable bonds is 9. The molecule has 0 unspecified atom stereocenters. The van der Waals surface area contributed by atoms with Crippen molar-refractivity contribution in [2.24, 2.45) is 5.92 Å². The summed E-state index contributed by atoms with van der Waals surface area (Å²) in [7, 11) is 0. The predicted molar refractivity (Wildman–Crippen MR) is 85.9 cm³/mol. The van der Waals surface area contributed by atoms with Gasteiger partial charge in [-0.15, -0.1) is 0 Å². The Kier molecular flexibility index (Phi) is 8.15. The Morgan fingerprint density at radius 3 is 2.68 bits per heavy atom. The van der Waals surface area contributed by atoms with Crippen molar-refractivity contribution in [3.63, 3.8) is 0 Å². The number of halogens is 1. The first-order chi connectivity index (χ1) is 9.09. The minimum absolute atomic E-state index is 0.738. The van der Waals surface area contributed by atoms with Crippen LogP contribution in [0.3, 0.4) is 0 Å². The van der Waals surface area contributed by atoms with E-state index in [4.69, 9.17) is 4.74 Å². The lowest BCUT2D eigenvalue weighted by molar-refractivity contribution is 0.303. The third-order valence-corrected chi connectivity index (χ3v) is 3.52. The molecular formula is C16H26BrNO. The molecule has 0 fully saturated rings. The van der Waals surface area contributed by atoms with Gasteiger partial charge in [0, 0.05) is 0 Å². The smallest absolute Gasteiger partial charge is 0.133 e. The molecule has 0 radical (unpaired) electrons. The quantitative estimate of drug-likeness (QED) is 0.671. The second-order valence-corrected chi connectivity index (χ2v) is 6.30. The molecule has 19 heavy (non-hydrogen) atoms. The van der Waals surface area contributed by atoms with Crippen LogP contribution in [0.5, 0.6) is 5.75 Å². The van der Waals surface area contributed by atoms with Gasteiger partial charge in [-0.2, -0.15) is 0 Å². The molecule has 0 saturated carbocycles. The van der Waals surface area contributed by atoms with Gasteiger partial charge in [-0.05, 0) is 78.8 Å². The zero-order valence-electron chi connectivity index (χ0n) is 12.3. The molecule has 1 rings (SSSR count). The van der Waals surface area contributed by atoms with Crippen LogP contribution in [0.1, 0.15) is 38.7 Å². The zero-order valence-corrected chi connectivity index (χ0v) is 13.9. The summed E-state index contributed by atoms with van der Waals surface area (Å²) in [6, 6.07) is 6.20. The molecule has 0 spiro atoms. The van der Waals surface area contributed by atoms with Gasteiger partial charge in [-0.1, -0.05) is 19.9 Å². The van der Waals surface area contributed by atoms with Crippen LogP contribution in [0, 0.1) is 12.8 Å². The van der Waals surface area contributed by atoms with E-state index >= 15 is 0 Å². The Balaban J connectivity index is 2.04. The molecule has 0 aromatic heterocycles. The molecular weight excluding hydrogens is 302 g/mol. The molecule has 0 aliphatic carbocycles. The van der Waals surface area contributed by atoms with Crippen LogP contribution < -0.4 is 10.1 Å². The van der Waals surface area contributed by atoms with Crippen LogP contribution in [0.25, 0.3) is 0 Å². The van der Waals surface area contributed by atoms with Gasteiger partial charge in [0.2, 0.25) is 0 Å². The van der Waals surface area contributed by atoms with Crippen molar-refractivity contribution in [2.45, 2.75) is 40.0 Å². The van der Waals surface area contributed by atoms with Crippen LogP contribution in [0.2, 0.25) is 0 Å². The number of unbranched alkanes of at least 4 members (excludes halogenated alkanes) is 2. The number of benzene rings is 1. The number of ether oxygens (including phenoxy) is 1. The van der Waals surface area contributed by atoms with Gasteiger partial charge < -0.3 is 10.1 Å². The maximum Gasteiger partial charge on any atom is 0.133 e. The highest BCUT2D eigenvalue weighted by atomic mass is 79.9. The highest BCUT2D eigenvalue weighted by Crippen LogP contribution is 2.25. The molecule has 108 valence electrons. The van der Waals surface area contributed by atoms with Crippen molar-refractivity contribution >= 4 is 15.9 Å². The molecule has 1 N–H and O–H groups in total. The summed E-state index contributed by atoms with van der Waals surface area (Å²) in [5.74, 6) is 1.69. The summed E-state index contributed by atoms with van der Waals surface area (Å²) in [4.78, 5) is 0. The molecule has 2 nitrogen and oxygen atoms in total. The van der Waals surface area contributed by atoms with Crippen molar-refractivity contribution in [2.75, 3.05) is 19.7 Å². The first-order valence-electron chi connectivity index (χ1n) is 7.19. The molecule has 0 atom stereocenters. The van der Waals surface area contributed by atoms with E-state index in [1.54, 1.807) is 0 Å². The van der Waals surface area contributed by atoms with E-state index in [1.807, 2.05) is 6.07 Å². The van der Waals surface area contributed by atoms with E-state index < -0.39 is 0 Å². The van der Waals surface area contributed by atoms with Crippen molar-refractivity contribution in [3.8, 4) is 5.75 Å². The third kappa shape index (κ3) is 7.58. The fourth-order valence-electron chi connectivity index (χ4n) is 1.82. The van der Waals surface area contributed by atoms with E-state index in [2.05, 4.69) is 54.2 Å². The fourth-order valence-corrected chi connectivity index (χ4v) is 2.43. The maximum atomic E-state index is 5.77. The predicted octanol–water partition coefficient (Wildman–Crippen LogP) is 4.55. The van der Waals surface area contributed by atoms with Gasteiger partial charge >= 0.3 is 0 Å². The van der Waals surface area contributed by atoms with Gasteiger partial charge in [0.25, 0.3) is 0 Å². The summed E-state index contributed by atoms with van der Waals surface area (Å²) < 4.78 is 6.82. The number of hydrogen-bond donors (Lipinski definition) is 1. The Morgan fingerprint density at radius 2 is 2.00 bits per heavy atom. The number of nitrogens with one attached hydrogen (secondary N) is 1. The summed E-state index contributed by atoms with van der Waals surface area (Å²) in [6.07, 6.45) is 3.56. The standard InChI is InChI=1S/C16H26BrNO/c1-13(2)12-18-9-5-4-6-10-19-16-8-7-14(3)11-15(16)17/h7-8,11,13,18H,4-6,9-10,12H2,1-3H3. The van der Waals surface area contributed by atoms with E-state index in [0.717, 1.165) is 42.3 Å². The Labute approximate surface area is 126 Å². The summed E-state index contributed by atoms with van der Waals surface area (Å²) in [6.45, 7) is 9.59. The molecule has 0 saturated heterocycles. The average molecular weight is 328 g/mol. The molecule has 0 aliphatic rings. The van der Waals surface area contributed by atoms with Gasteiger partial charge in [0.05, 0.1) is 11.1 Å². The van der Waals surface area contributed by atoms with Crippen LogP contribution in [0.15, 0.2) is 22.7 Å². The lowest BCUT2D eigenvalue weighted by Gasteiger charge is -2.09. The maximum absolute atomic E-state index is 5.77. The Bertz CT molecular complexity index is 366. The van der Waals surface area contributed by atoms with Crippen molar-refractivity contribution in [1.29, 1.82) is 0 Å². The summed E-state index contributed by atoms with van der Waals surface area (Å²) >= 11 is 3.53. The van der Waals surface area contributed by atoms with E-state index in [-0.39, 0.29) is 0 Å². The second-order valence-electron chi connectivity index (χ2n) is 5.44. The molecule has 0 bridgehead atoms. The first kappa shape index (κ1) is 16.5. The molecule has 0 amide bonds. The van der Waals surface area contributed by atoms with Gasteiger partial charge in [-0.25, -0.2) is 0 Å². The van der Waals surface area contributed by atoms with Crippen molar-refractivity contribution < 1.29 is 4.74 Å². The lowest BCUT2D eigenvalue weighted by Crippen LogP contribution is -2.20. The normalized spacial score (nSPS) is 11.0. The van der Waals surface area contributed by atoms with E-state index in [0.29, 0.717) is 0 Å². The number of hydrogen-bond acceptors (Lipinski definition) is 2. The lowest BCUT2D eigenvalue weighted by atomic mass is 10.2. The Morgan fingerprint density at radius 1 is 1.21 bits per heavy atom. The highest BCUT2D eigenvalue weighted by molar-refractivity contribution is 9.10. The van der Waals surface area contributed by atoms with Crippen LogP contribution >= 0.6 is 15.9 Å². The van der Waals surface area contributed by atoms with E-state index in [9.17, 15) is 0 Å². The van der Waals surface area contributed by atoms with Crippen molar-refractivity contribution in [1.82, 2.24) is 5.32 Å². The molecule has 0 aliphatic heterocycles. The second kappa shape index (κ2) is 9.38. The van der Waals surface area contributed by atoms with Crippen LogP contribution in [-0.2, 0) is 0 Å². The summed E-state index contributed by atoms with van der Waals surface area (Å²) in [5, 5.41) is 3.46. The first-order valence-corrected chi connectivity index (χ1v) is 7.98. The third-order valence-electron chi connectivity index (χ3n) is 2.90. The van der Waals surface area contributed by atoms with E-state index in [1.165, 1.54) is 18.4 Å². The zero-order chi connectivity index (χ0) is 14.1. The SMILES string of the molecule is Cc1ccc(OCCCCCNCC(C)C)c(Br)c1. The summed E-state index contributed by atoms with van der Waals surface area (Å²) in [5.41, 5.74) is 1.25. The highest BCUT2D eigenvalue weighted by Gasteiger charge is 2.00. The molecule has 3 heteroatoms. The van der Waals surface area contributed by atoms with Gasteiger partial charge in [-0.3, -0.25) is 0 Å². The molecule has 1 aromatic rings. The monoisotopic (exact) mass is 327 g/mol. The minimum Gasteiger partial charge on any atom is -0.492 e. The Hall–Kier alpha value is -0.540.